The van der Waals surface area contributed by atoms with E-state index < -0.39 is 36.2 Å². The third kappa shape index (κ3) is 5.39. The zero-order chi connectivity index (χ0) is 28.8. The minimum Gasteiger partial charge on any atom is -0.478 e. The first-order chi connectivity index (χ1) is 18.9. The quantitative estimate of drug-likeness (QED) is 0.338. The highest BCUT2D eigenvalue weighted by Crippen LogP contribution is 2.39. The number of aryl methyl sites for hydroxylation is 2. The first-order valence-electron chi connectivity index (χ1n) is 13.0. The lowest BCUT2D eigenvalue weighted by Crippen LogP contribution is -2.49. The summed E-state index contributed by atoms with van der Waals surface area (Å²) in [6, 6.07) is 6.46. The SMILES string of the molecule is CCOc1ncc(C(F)(F)F)cc1-c1cnc(N2CC(F)C2)nc1CN1C(=O)O[C@H](c2cc(C)cc(C)c2)[C@@H]1C. The second kappa shape index (κ2) is 10.5. The highest BCUT2D eigenvalue weighted by atomic mass is 19.4. The van der Waals surface area contributed by atoms with Crippen molar-refractivity contribution in [1.29, 1.82) is 0 Å². The molecule has 5 rings (SSSR count). The summed E-state index contributed by atoms with van der Waals surface area (Å²) in [5.74, 6) is 0.197. The van der Waals surface area contributed by atoms with Crippen LogP contribution in [0.2, 0.25) is 0 Å². The summed E-state index contributed by atoms with van der Waals surface area (Å²) >= 11 is 0. The fraction of sp³-hybridized carbons (Fsp3) is 0.429. The van der Waals surface area contributed by atoms with E-state index in [1.807, 2.05) is 39.0 Å². The molecule has 0 spiro atoms. The van der Waals surface area contributed by atoms with Gasteiger partial charge in [-0.15, -0.1) is 0 Å². The first-order valence-corrected chi connectivity index (χ1v) is 13.0. The lowest BCUT2D eigenvalue weighted by atomic mass is 9.98. The summed E-state index contributed by atoms with van der Waals surface area (Å²) in [5, 5.41) is 0. The number of nitrogens with zero attached hydrogens (tertiary/aromatic N) is 5. The van der Waals surface area contributed by atoms with Crippen LogP contribution >= 0.6 is 0 Å². The fourth-order valence-corrected chi connectivity index (χ4v) is 5.04. The molecule has 0 radical (unpaired) electrons. The molecule has 8 nitrogen and oxygen atoms in total. The van der Waals surface area contributed by atoms with Crippen molar-refractivity contribution in [3.05, 3.63) is 64.6 Å². The Bertz CT molecular complexity index is 1410. The van der Waals surface area contributed by atoms with Crippen molar-refractivity contribution < 1.29 is 31.8 Å². The maximum Gasteiger partial charge on any atom is 0.417 e. The average molecular weight is 560 g/mol. The zero-order valence-corrected chi connectivity index (χ0v) is 22.5. The van der Waals surface area contributed by atoms with Gasteiger partial charge in [0, 0.05) is 23.5 Å². The van der Waals surface area contributed by atoms with Crippen molar-refractivity contribution in [1.82, 2.24) is 19.9 Å². The van der Waals surface area contributed by atoms with Crippen LogP contribution in [0.1, 0.15) is 47.9 Å². The largest absolute Gasteiger partial charge is 0.478 e. The Morgan fingerprint density at radius 1 is 1.05 bits per heavy atom. The molecule has 3 aromatic rings. The minimum absolute atomic E-state index is 0.0222. The second-order valence-corrected chi connectivity index (χ2v) is 10.1. The van der Waals surface area contributed by atoms with Gasteiger partial charge in [0.25, 0.3) is 0 Å². The standard InChI is InChI=1S/C28H29F4N5O3/c1-5-39-25-21(9-19(10-33-25)28(30,31)32)22-11-34-26(36-12-20(29)13-36)35-23(22)14-37-17(4)24(40-27(37)38)18-7-15(2)6-16(3)8-18/h6-11,17,20,24H,5,12-14H2,1-4H3/t17-,24-/m0/s1. The summed E-state index contributed by atoms with van der Waals surface area (Å²) in [6.07, 6.45) is -4.71. The Morgan fingerprint density at radius 2 is 1.75 bits per heavy atom. The highest BCUT2D eigenvalue weighted by Gasteiger charge is 2.41. The van der Waals surface area contributed by atoms with E-state index in [1.54, 1.807) is 11.8 Å². The summed E-state index contributed by atoms with van der Waals surface area (Å²) in [7, 11) is 0. The normalized spacial score (nSPS) is 19.6. The molecular weight excluding hydrogens is 530 g/mol. The molecule has 40 heavy (non-hydrogen) atoms. The van der Waals surface area contributed by atoms with Gasteiger partial charge in [0.2, 0.25) is 11.8 Å². The van der Waals surface area contributed by atoms with Crippen molar-refractivity contribution in [2.75, 3.05) is 24.6 Å². The average Bonchev–Trinajstić information content (AvgIpc) is 3.14. The van der Waals surface area contributed by atoms with Crippen LogP contribution in [0.4, 0.5) is 28.3 Å². The predicted molar refractivity (Wildman–Crippen MR) is 139 cm³/mol. The number of rotatable bonds is 7. The van der Waals surface area contributed by atoms with Crippen LogP contribution in [-0.4, -0.2) is 57.9 Å². The smallest absolute Gasteiger partial charge is 0.417 e. The molecule has 2 fully saturated rings. The molecule has 0 aliphatic carbocycles. The summed E-state index contributed by atoms with van der Waals surface area (Å²) in [4.78, 5) is 29.0. The number of ether oxygens (including phenoxy) is 2. The van der Waals surface area contributed by atoms with Gasteiger partial charge in [-0.3, -0.25) is 4.90 Å². The number of anilines is 1. The molecule has 2 saturated heterocycles. The Balaban J connectivity index is 1.56. The second-order valence-electron chi connectivity index (χ2n) is 10.1. The van der Waals surface area contributed by atoms with Crippen LogP contribution in [0.3, 0.4) is 0 Å². The fourth-order valence-electron chi connectivity index (χ4n) is 5.04. The third-order valence-electron chi connectivity index (χ3n) is 7.01. The van der Waals surface area contributed by atoms with Gasteiger partial charge in [0.15, 0.2) is 0 Å². The van der Waals surface area contributed by atoms with Crippen LogP contribution in [0, 0.1) is 13.8 Å². The number of carbonyl (C=O) groups excluding carboxylic acids is 1. The maximum atomic E-state index is 13.6. The summed E-state index contributed by atoms with van der Waals surface area (Å²) < 4.78 is 65.8. The van der Waals surface area contributed by atoms with E-state index in [0.29, 0.717) is 6.20 Å². The third-order valence-corrected chi connectivity index (χ3v) is 7.01. The highest BCUT2D eigenvalue weighted by molar-refractivity contribution is 5.74. The molecule has 2 aliphatic rings. The molecule has 0 bridgehead atoms. The maximum absolute atomic E-state index is 13.6. The molecule has 4 heterocycles. The van der Waals surface area contributed by atoms with Crippen LogP contribution < -0.4 is 9.64 Å². The number of carbonyl (C=O) groups is 1. The Hall–Kier alpha value is -3.96. The molecule has 0 N–H and O–H groups in total. The molecule has 0 saturated carbocycles. The first kappa shape index (κ1) is 27.6. The number of halogens is 4. The number of aromatic nitrogens is 3. The Kier molecular flexibility index (Phi) is 7.28. The number of benzene rings is 1. The molecule has 212 valence electrons. The van der Waals surface area contributed by atoms with Crippen molar-refractivity contribution in [3.8, 4) is 17.0 Å². The number of pyridine rings is 1. The van der Waals surface area contributed by atoms with Gasteiger partial charge in [-0.25, -0.2) is 24.1 Å². The van der Waals surface area contributed by atoms with E-state index in [1.165, 1.54) is 11.1 Å². The molecule has 2 atom stereocenters. The van der Waals surface area contributed by atoms with Gasteiger partial charge in [0.05, 0.1) is 43.5 Å². The lowest BCUT2D eigenvalue weighted by molar-refractivity contribution is -0.137. The van der Waals surface area contributed by atoms with Gasteiger partial charge in [-0.1, -0.05) is 29.3 Å². The van der Waals surface area contributed by atoms with Gasteiger partial charge >= 0.3 is 12.3 Å². The van der Waals surface area contributed by atoms with Crippen molar-refractivity contribution in [2.45, 2.75) is 58.7 Å². The van der Waals surface area contributed by atoms with E-state index in [9.17, 15) is 22.4 Å². The van der Waals surface area contributed by atoms with Crippen LogP contribution in [-0.2, 0) is 17.5 Å². The van der Waals surface area contributed by atoms with Crippen LogP contribution in [0.5, 0.6) is 5.88 Å². The topological polar surface area (TPSA) is 80.7 Å². The lowest BCUT2D eigenvalue weighted by Gasteiger charge is -2.34. The Labute approximate surface area is 229 Å². The Morgan fingerprint density at radius 3 is 2.38 bits per heavy atom. The molecular formula is C28H29F4N5O3. The van der Waals surface area contributed by atoms with Crippen molar-refractivity contribution in [2.24, 2.45) is 0 Å². The van der Waals surface area contributed by atoms with Gasteiger partial charge in [-0.05, 0) is 39.3 Å². The van der Waals surface area contributed by atoms with E-state index in [-0.39, 0.29) is 54.9 Å². The van der Waals surface area contributed by atoms with Gasteiger partial charge in [0.1, 0.15) is 12.3 Å². The van der Waals surface area contributed by atoms with Crippen molar-refractivity contribution >= 4 is 12.0 Å². The summed E-state index contributed by atoms with van der Waals surface area (Å²) in [6.45, 7) is 7.74. The monoisotopic (exact) mass is 559 g/mol. The number of hydrogen-bond acceptors (Lipinski definition) is 7. The molecule has 0 unspecified atom stereocenters. The zero-order valence-electron chi connectivity index (χ0n) is 22.5. The number of alkyl halides is 4. The van der Waals surface area contributed by atoms with E-state index in [4.69, 9.17) is 9.47 Å². The van der Waals surface area contributed by atoms with E-state index >= 15 is 0 Å². The van der Waals surface area contributed by atoms with E-state index in [2.05, 4.69) is 15.0 Å². The molecule has 1 amide bonds. The molecule has 12 heteroatoms. The van der Waals surface area contributed by atoms with Crippen molar-refractivity contribution in [3.63, 3.8) is 0 Å². The van der Waals surface area contributed by atoms with Crippen LogP contribution in [0.15, 0.2) is 36.7 Å². The van der Waals surface area contributed by atoms with E-state index in [0.717, 1.165) is 22.8 Å². The predicted octanol–water partition coefficient (Wildman–Crippen LogP) is 5.81. The number of hydrogen-bond donors (Lipinski definition) is 0. The molecule has 2 aromatic heterocycles. The molecule has 1 aromatic carbocycles. The van der Waals surface area contributed by atoms with Crippen LogP contribution in [0.25, 0.3) is 11.1 Å². The number of amides is 1. The number of cyclic esters (lactones) is 1. The van der Waals surface area contributed by atoms with Gasteiger partial charge in [-0.2, -0.15) is 13.2 Å². The minimum atomic E-state index is -4.65. The van der Waals surface area contributed by atoms with Gasteiger partial charge < -0.3 is 14.4 Å². The molecule has 2 aliphatic heterocycles. The summed E-state index contributed by atoms with van der Waals surface area (Å²) in [5.41, 5.74) is 2.46.